The molecule has 0 aliphatic carbocycles. The second-order valence-corrected chi connectivity index (χ2v) is 4.87. The van der Waals surface area contributed by atoms with Gasteiger partial charge < -0.3 is 11.1 Å². The monoisotopic (exact) mass is 282 g/mol. The van der Waals surface area contributed by atoms with Crippen molar-refractivity contribution in [3.8, 4) is 0 Å². The summed E-state index contributed by atoms with van der Waals surface area (Å²) >= 11 is 5.83. The maximum Gasteiger partial charge on any atom is 0.126 e. The summed E-state index contributed by atoms with van der Waals surface area (Å²) in [6.07, 6.45) is 1.90. The smallest absolute Gasteiger partial charge is 0.126 e. The molecule has 1 atom stereocenters. The van der Waals surface area contributed by atoms with Gasteiger partial charge in [0.15, 0.2) is 0 Å². The molecule has 1 aromatic heterocycles. The van der Waals surface area contributed by atoms with Gasteiger partial charge in [-0.25, -0.2) is 4.39 Å². The Hall–Kier alpha value is -1.59. The molecule has 0 radical (unpaired) electrons. The molecular formula is C13H16ClFN4. The second kappa shape index (κ2) is 5.59. The number of hydrogen-bond donors (Lipinski definition) is 2. The normalized spacial score (nSPS) is 12.5. The van der Waals surface area contributed by atoms with Crippen molar-refractivity contribution in [2.75, 3.05) is 11.9 Å². The van der Waals surface area contributed by atoms with Crippen LogP contribution in [0.5, 0.6) is 0 Å². The lowest BCUT2D eigenvalue weighted by atomic mass is 10.1. The van der Waals surface area contributed by atoms with Crippen molar-refractivity contribution >= 4 is 17.3 Å². The van der Waals surface area contributed by atoms with Crippen LogP contribution in [0.25, 0.3) is 0 Å². The van der Waals surface area contributed by atoms with Gasteiger partial charge in [0, 0.05) is 36.1 Å². The Balaban J connectivity index is 2.26. The summed E-state index contributed by atoms with van der Waals surface area (Å²) in [6.45, 7) is 2.29. The van der Waals surface area contributed by atoms with Crippen LogP contribution in [0.1, 0.15) is 17.3 Å². The molecule has 2 aromatic rings. The molecule has 1 heterocycles. The maximum atomic E-state index is 13.3. The van der Waals surface area contributed by atoms with Crippen LogP contribution in [-0.2, 0) is 7.05 Å². The first-order chi connectivity index (χ1) is 8.99. The van der Waals surface area contributed by atoms with E-state index in [0.29, 0.717) is 17.3 Å². The number of nitrogens with zero attached hydrogens (tertiary/aromatic N) is 2. The van der Waals surface area contributed by atoms with Gasteiger partial charge in [0.05, 0.1) is 11.7 Å². The Morgan fingerprint density at radius 1 is 1.47 bits per heavy atom. The van der Waals surface area contributed by atoms with Gasteiger partial charge in [0.1, 0.15) is 5.82 Å². The van der Waals surface area contributed by atoms with E-state index >= 15 is 0 Å². The first-order valence-electron chi connectivity index (χ1n) is 5.92. The zero-order chi connectivity index (χ0) is 14.0. The average molecular weight is 283 g/mol. The van der Waals surface area contributed by atoms with Crippen LogP contribution in [0.15, 0.2) is 24.4 Å². The Labute approximate surface area is 116 Å². The molecule has 0 saturated carbocycles. The SMILES string of the molecule is Cc1nn(C)cc1C(CN)Nc1cc(F)cc(Cl)c1. The van der Waals surface area contributed by atoms with Crippen molar-refractivity contribution in [1.82, 2.24) is 9.78 Å². The summed E-state index contributed by atoms with van der Waals surface area (Å²) in [6, 6.07) is 4.19. The van der Waals surface area contributed by atoms with E-state index in [1.165, 1.54) is 12.1 Å². The number of anilines is 1. The molecule has 0 fully saturated rings. The van der Waals surface area contributed by atoms with Crippen LogP contribution in [0.2, 0.25) is 5.02 Å². The standard InChI is InChI=1S/C13H16ClFN4/c1-8-12(7-19(2)18-8)13(6-16)17-11-4-9(14)3-10(15)5-11/h3-5,7,13,17H,6,16H2,1-2H3. The summed E-state index contributed by atoms with van der Waals surface area (Å²) in [5.41, 5.74) is 8.27. The molecule has 19 heavy (non-hydrogen) atoms. The van der Waals surface area contributed by atoms with E-state index in [1.807, 2.05) is 20.2 Å². The molecule has 0 bridgehead atoms. The molecular weight excluding hydrogens is 267 g/mol. The lowest BCUT2D eigenvalue weighted by Crippen LogP contribution is -2.21. The first-order valence-corrected chi connectivity index (χ1v) is 6.30. The maximum absolute atomic E-state index is 13.3. The number of halogens is 2. The zero-order valence-corrected chi connectivity index (χ0v) is 11.6. The highest BCUT2D eigenvalue weighted by Gasteiger charge is 2.15. The summed E-state index contributed by atoms with van der Waals surface area (Å²) in [7, 11) is 1.85. The molecule has 0 aliphatic rings. The number of benzene rings is 1. The van der Waals surface area contributed by atoms with Crippen molar-refractivity contribution in [1.29, 1.82) is 0 Å². The molecule has 0 saturated heterocycles. The van der Waals surface area contributed by atoms with E-state index in [2.05, 4.69) is 10.4 Å². The minimum Gasteiger partial charge on any atom is -0.377 e. The molecule has 1 unspecified atom stereocenters. The number of aryl methyl sites for hydroxylation is 2. The third-order valence-electron chi connectivity index (χ3n) is 2.87. The fourth-order valence-electron chi connectivity index (χ4n) is 2.06. The molecule has 102 valence electrons. The van der Waals surface area contributed by atoms with Gasteiger partial charge in [0.25, 0.3) is 0 Å². The van der Waals surface area contributed by atoms with E-state index in [4.69, 9.17) is 17.3 Å². The fraction of sp³-hybridized carbons (Fsp3) is 0.308. The topological polar surface area (TPSA) is 55.9 Å². The molecule has 3 N–H and O–H groups in total. The van der Waals surface area contributed by atoms with E-state index in [1.54, 1.807) is 10.7 Å². The Bertz CT molecular complexity index is 562. The van der Waals surface area contributed by atoms with Gasteiger partial charge in [-0.1, -0.05) is 11.6 Å². The van der Waals surface area contributed by atoms with Crippen LogP contribution in [0, 0.1) is 12.7 Å². The number of nitrogens with two attached hydrogens (primary N) is 1. The quantitative estimate of drug-likeness (QED) is 0.906. The lowest BCUT2D eigenvalue weighted by Gasteiger charge is -2.18. The van der Waals surface area contributed by atoms with E-state index in [9.17, 15) is 4.39 Å². The van der Waals surface area contributed by atoms with Crippen molar-refractivity contribution in [3.63, 3.8) is 0 Å². The summed E-state index contributed by atoms with van der Waals surface area (Å²) < 4.78 is 15.0. The predicted molar refractivity (Wildman–Crippen MR) is 74.8 cm³/mol. The fourth-order valence-corrected chi connectivity index (χ4v) is 2.28. The molecule has 6 heteroatoms. The minimum atomic E-state index is -0.381. The number of nitrogens with one attached hydrogen (secondary N) is 1. The first kappa shape index (κ1) is 13.8. The summed E-state index contributed by atoms with van der Waals surface area (Å²) in [5, 5.41) is 7.80. The highest BCUT2D eigenvalue weighted by atomic mass is 35.5. The summed E-state index contributed by atoms with van der Waals surface area (Å²) in [4.78, 5) is 0. The molecule has 0 amide bonds. The van der Waals surface area contributed by atoms with Crippen LogP contribution in [0.3, 0.4) is 0 Å². The molecule has 0 aliphatic heterocycles. The van der Waals surface area contributed by atoms with Gasteiger partial charge in [-0.3, -0.25) is 4.68 Å². The van der Waals surface area contributed by atoms with Crippen molar-refractivity contribution in [2.24, 2.45) is 12.8 Å². The van der Waals surface area contributed by atoms with Crippen LogP contribution in [0.4, 0.5) is 10.1 Å². The zero-order valence-electron chi connectivity index (χ0n) is 10.8. The lowest BCUT2D eigenvalue weighted by molar-refractivity contribution is 0.627. The Morgan fingerprint density at radius 2 is 2.21 bits per heavy atom. The number of aromatic nitrogens is 2. The molecule has 0 spiro atoms. The largest absolute Gasteiger partial charge is 0.377 e. The predicted octanol–water partition coefficient (Wildman–Crippen LogP) is 2.63. The second-order valence-electron chi connectivity index (χ2n) is 4.43. The molecule has 2 rings (SSSR count). The Morgan fingerprint density at radius 3 is 2.74 bits per heavy atom. The van der Waals surface area contributed by atoms with E-state index in [-0.39, 0.29) is 11.9 Å². The number of hydrogen-bond acceptors (Lipinski definition) is 3. The van der Waals surface area contributed by atoms with Crippen LogP contribution < -0.4 is 11.1 Å². The third kappa shape index (κ3) is 3.24. The number of rotatable bonds is 4. The summed E-state index contributed by atoms with van der Waals surface area (Å²) in [5.74, 6) is -0.381. The van der Waals surface area contributed by atoms with Gasteiger partial charge in [-0.2, -0.15) is 5.10 Å². The van der Waals surface area contributed by atoms with Crippen molar-refractivity contribution in [3.05, 3.63) is 46.5 Å². The van der Waals surface area contributed by atoms with E-state index < -0.39 is 0 Å². The van der Waals surface area contributed by atoms with Crippen molar-refractivity contribution < 1.29 is 4.39 Å². The third-order valence-corrected chi connectivity index (χ3v) is 3.08. The Kier molecular flexibility index (Phi) is 4.07. The highest BCUT2D eigenvalue weighted by Crippen LogP contribution is 2.24. The van der Waals surface area contributed by atoms with Gasteiger partial charge >= 0.3 is 0 Å². The minimum absolute atomic E-state index is 0.133. The molecule has 1 aromatic carbocycles. The van der Waals surface area contributed by atoms with E-state index in [0.717, 1.165) is 11.3 Å². The van der Waals surface area contributed by atoms with Gasteiger partial charge in [-0.15, -0.1) is 0 Å². The van der Waals surface area contributed by atoms with Crippen molar-refractivity contribution in [2.45, 2.75) is 13.0 Å². The average Bonchev–Trinajstić information content (AvgIpc) is 2.64. The van der Waals surface area contributed by atoms with Gasteiger partial charge in [0.2, 0.25) is 0 Å². The van der Waals surface area contributed by atoms with Gasteiger partial charge in [-0.05, 0) is 25.1 Å². The highest BCUT2D eigenvalue weighted by molar-refractivity contribution is 6.30. The van der Waals surface area contributed by atoms with Crippen LogP contribution in [-0.4, -0.2) is 16.3 Å². The molecule has 4 nitrogen and oxygen atoms in total. The van der Waals surface area contributed by atoms with Crippen LogP contribution >= 0.6 is 11.6 Å².